The predicted molar refractivity (Wildman–Crippen MR) is 103 cm³/mol. The van der Waals surface area contributed by atoms with E-state index < -0.39 is 0 Å². The van der Waals surface area contributed by atoms with Crippen molar-refractivity contribution in [3.63, 3.8) is 0 Å². The maximum Gasteiger partial charge on any atom is 0.253 e. The molecule has 0 saturated carbocycles. The number of nitrogens with zero attached hydrogens (tertiary/aromatic N) is 3. The maximum absolute atomic E-state index is 12.3. The van der Waals surface area contributed by atoms with Gasteiger partial charge in [0.25, 0.3) is 5.56 Å². The fourth-order valence-electron chi connectivity index (χ4n) is 3.01. The summed E-state index contributed by atoms with van der Waals surface area (Å²) in [4.78, 5) is 16.7. The largest absolute Gasteiger partial charge is 0.292 e. The van der Waals surface area contributed by atoms with Crippen molar-refractivity contribution in [2.75, 3.05) is 0 Å². The second kappa shape index (κ2) is 8.26. The van der Waals surface area contributed by atoms with Gasteiger partial charge in [0.1, 0.15) is 5.82 Å². The van der Waals surface area contributed by atoms with Gasteiger partial charge in [-0.25, -0.2) is 4.98 Å². The van der Waals surface area contributed by atoms with Crippen LogP contribution in [-0.2, 0) is 13.0 Å². The molecule has 0 unspecified atom stereocenters. The monoisotopic (exact) mass is 343 g/mol. The number of hydrogen-bond donors (Lipinski definition) is 0. The Labute approximate surface area is 153 Å². The fraction of sp³-hybridized carbons (Fsp3) is 0.227. The van der Waals surface area contributed by atoms with Crippen molar-refractivity contribution >= 4 is 0 Å². The molecule has 2 aromatic carbocycles. The average Bonchev–Trinajstić information content (AvgIpc) is 2.69. The molecule has 0 aliphatic heterocycles. The van der Waals surface area contributed by atoms with E-state index in [4.69, 9.17) is 0 Å². The smallest absolute Gasteiger partial charge is 0.253 e. The molecule has 4 nitrogen and oxygen atoms in total. The van der Waals surface area contributed by atoms with Gasteiger partial charge in [-0.2, -0.15) is 5.26 Å². The summed E-state index contributed by atoms with van der Waals surface area (Å²) < 4.78 is 1.70. The lowest BCUT2D eigenvalue weighted by Crippen LogP contribution is -2.24. The molecule has 0 amide bonds. The second-order valence-corrected chi connectivity index (χ2v) is 6.25. The number of hydrogen-bond acceptors (Lipinski definition) is 3. The Morgan fingerprint density at radius 3 is 2.65 bits per heavy atom. The van der Waals surface area contributed by atoms with Crippen LogP contribution in [-0.4, -0.2) is 9.55 Å². The molecule has 3 rings (SSSR count). The standard InChI is InChI=1S/C22H21N3O/c1-2-3-9-21-24-13-12-22(26)25(21)16-17-10-11-20(19(14-17)15-23)18-7-5-4-6-8-18/h4-8,10-14H,2-3,9,16H2,1H3. The van der Waals surface area contributed by atoms with Crippen LogP contribution in [0.15, 0.2) is 65.6 Å². The molecule has 0 atom stereocenters. The predicted octanol–water partition coefficient (Wildman–Crippen LogP) is 4.17. The molecule has 26 heavy (non-hydrogen) atoms. The molecule has 0 fully saturated rings. The SMILES string of the molecule is CCCCc1nccc(=O)n1Cc1ccc(-c2ccccc2)c(C#N)c1. The third kappa shape index (κ3) is 3.89. The lowest BCUT2D eigenvalue weighted by molar-refractivity contribution is 0.637. The van der Waals surface area contributed by atoms with Crippen LogP contribution >= 0.6 is 0 Å². The van der Waals surface area contributed by atoms with Gasteiger partial charge in [-0.1, -0.05) is 55.8 Å². The van der Waals surface area contributed by atoms with E-state index in [0.717, 1.165) is 41.8 Å². The lowest BCUT2D eigenvalue weighted by Gasteiger charge is -2.13. The highest BCUT2D eigenvalue weighted by Crippen LogP contribution is 2.24. The molecule has 1 aromatic heterocycles. The molecule has 0 radical (unpaired) electrons. The molecule has 0 aliphatic carbocycles. The summed E-state index contributed by atoms with van der Waals surface area (Å²) in [5, 5.41) is 9.56. The van der Waals surface area contributed by atoms with Gasteiger partial charge in [0.2, 0.25) is 0 Å². The Bertz CT molecular complexity index is 984. The van der Waals surface area contributed by atoms with Crippen LogP contribution in [0, 0.1) is 11.3 Å². The van der Waals surface area contributed by atoms with Crippen LogP contribution in [0.5, 0.6) is 0 Å². The fourth-order valence-corrected chi connectivity index (χ4v) is 3.01. The molecule has 0 N–H and O–H groups in total. The quantitative estimate of drug-likeness (QED) is 0.675. The third-order valence-electron chi connectivity index (χ3n) is 4.40. The van der Waals surface area contributed by atoms with Crippen molar-refractivity contribution < 1.29 is 0 Å². The van der Waals surface area contributed by atoms with Gasteiger partial charge in [-0.3, -0.25) is 9.36 Å². The highest BCUT2D eigenvalue weighted by Gasteiger charge is 2.09. The van der Waals surface area contributed by atoms with E-state index in [-0.39, 0.29) is 5.56 Å². The van der Waals surface area contributed by atoms with Crippen molar-refractivity contribution in [3.05, 3.63) is 88.1 Å². The minimum absolute atomic E-state index is 0.0586. The second-order valence-electron chi connectivity index (χ2n) is 6.25. The Morgan fingerprint density at radius 2 is 1.92 bits per heavy atom. The van der Waals surface area contributed by atoms with Crippen molar-refractivity contribution in [3.8, 4) is 17.2 Å². The van der Waals surface area contributed by atoms with Gasteiger partial charge >= 0.3 is 0 Å². The molecular weight excluding hydrogens is 322 g/mol. The summed E-state index contributed by atoms with van der Waals surface area (Å²) in [6, 6.07) is 19.4. The molecular formula is C22H21N3O. The highest BCUT2D eigenvalue weighted by atomic mass is 16.1. The first-order valence-electron chi connectivity index (χ1n) is 8.86. The van der Waals surface area contributed by atoms with Gasteiger partial charge < -0.3 is 0 Å². The number of benzene rings is 2. The normalized spacial score (nSPS) is 10.5. The molecule has 0 aliphatic rings. The summed E-state index contributed by atoms with van der Waals surface area (Å²) in [6.07, 6.45) is 4.39. The van der Waals surface area contributed by atoms with Crippen LogP contribution in [0.1, 0.15) is 36.7 Å². The maximum atomic E-state index is 12.3. The topological polar surface area (TPSA) is 58.7 Å². The van der Waals surface area contributed by atoms with Gasteiger partial charge in [-0.05, 0) is 29.2 Å². The van der Waals surface area contributed by atoms with Crippen LogP contribution in [0.3, 0.4) is 0 Å². The molecule has 0 saturated heterocycles. The summed E-state index contributed by atoms with van der Waals surface area (Å²) >= 11 is 0. The summed E-state index contributed by atoms with van der Waals surface area (Å²) in [6.45, 7) is 2.54. The number of unbranched alkanes of at least 4 members (excludes halogenated alkanes) is 1. The molecule has 130 valence electrons. The van der Waals surface area contributed by atoms with Crippen LogP contribution in [0.2, 0.25) is 0 Å². The van der Waals surface area contributed by atoms with Crippen LogP contribution in [0.25, 0.3) is 11.1 Å². The Kier molecular flexibility index (Phi) is 5.60. The Morgan fingerprint density at radius 1 is 1.12 bits per heavy atom. The zero-order valence-corrected chi connectivity index (χ0v) is 14.9. The van der Waals surface area contributed by atoms with Gasteiger partial charge in [0.05, 0.1) is 18.2 Å². The zero-order chi connectivity index (χ0) is 18.4. The van der Waals surface area contributed by atoms with Crippen LogP contribution < -0.4 is 5.56 Å². The number of rotatable bonds is 6. The molecule has 4 heteroatoms. The molecule has 0 spiro atoms. The minimum atomic E-state index is -0.0586. The van der Waals surface area contributed by atoms with Gasteiger partial charge in [-0.15, -0.1) is 0 Å². The number of aryl methyl sites for hydroxylation is 1. The highest BCUT2D eigenvalue weighted by molar-refractivity contribution is 5.70. The van der Waals surface area contributed by atoms with Crippen molar-refractivity contribution in [2.24, 2.45) is 0 Å². The Balaban J connectivity index is 1.95. The summed E-state index contributed by atoms with van der Waals surface area (Å²) in [5.74, 6) is 0.796. The average molecular weight is 343 g/mol. The van der Waals surface area contributed by atoms with Gasteiger partial charge in [0.15, 0.2) is 0 Å². The third-order valence-corrected chi connectivity index (χ3v) is 4.40. The van der Waals surface area contributed by atoms with Crippen molar-refractivity contribution in [2.45, 2.75) is 32.7 Å². The first-order chi connectivity index (χ1) is 12.7. The van der Waals surface area contributed by atoms with E-state index in [1.165, 1.54) is 6.07 Å². The number of aromatic nitrogens is 2. The molecule has 3 aromatic rings. The van der Waals surface area contributed by atoms with Crippen molar-refractivity contribution in [1.82, 2.24) is 9.55 Å². The summed E-state index contributed by atoms with van der Waals surface area (Å²) in [7, 11) is 0. The van der Waals surface area contributed by atoms with Crippen molar-refractivity contribution in [1.29, 1.82) is 5.26 Å². The van der Waals surface area contributed by atoms with E-state index in [1.54, 1.807) is 10.8 Å². The first-order valence-corrected chi connectivity index (χ1v) is 8.86. The summed E-state index contributed by atoms with van der Waals surface area (Å²) in [5.41, 5.74) is 3.39. The zero-order valence-electron chi connectivity index (χ0n) is 14.9. The molecule has 0 bridgehead atoms. The number of nitriles is 1. The van der Waals surface area contributed by atoms with E-state index in [9.17, 15) is 10.1 Å². The first kappa shape index (κ1) is 17.6. The lowest BCUT2D eigenvalue weighted by atomic mass is 9.98. The molecule has 1 heterocycles. The van der Waals surface area contributed by atoms with E-state index in [0.29, 0.717) is 12.1 Å². The van der Waals surface area contributed by atoms with E-state index >= 15 is 0 Å². The van der Waals surface area contributed by atoms with E-state index in [2.05, 4.69) is 18.0 Å². The van der Waals surface area contributed by atoms with Gasteiger partial charge in [0, 0.05) is 18.7 Å². The van der Waals surface area contributed by atoms with E-state index in [1.807, 2.05) is 48.5 Å². The Hall–Kier alpha value is -3.19. The minimum Gasteiger partial charge on any atom is -0.292 e. The van der Waals surface area contributed by atoms with Crippen LogP contribution in [0.4, 0.5) is 0 Å².